The highest BCUT2D eigenvalue weighted by molar-refractivity contribution is 6.32. The third kappa shape index (κ3) is 6.02. The van der Waals surface area contributed by atoms with E-state index >= 15 is 0 Å². The Morgan fingerprint density at radius 1 is 1.06 bits per heavy atom. The lowest BCUT2D eigenvalue weighted by Crippen LogP contribution is -2.33. The summed E-state index contributed by atoms with van der Waals surface area (Å²) in [5, 5.41) is 8.26. The Hall–Kier alpha value is -3.12. The molecule has 1 aliphatic carbocycles. The normalized spacial score (nSPS) is 18.4. The molecule has 0 saturated heterocycles. The zero-order chi connectivity index (χ0) is 23.2. The van der Waals surface area contributed by atoms with Gasteiger partial charge in [-0.15, -0.1) is 0 Å². The zero-order valence-corrected chi connectivity index (χ0v) is 19.8. The van der Waals surface area contributed by atoms with Crippen LogP contribution < -0.4 is 15.5 Å². The first-order chi connectivity index (χ1) is 16.0. The molecule has 0 unspecified atom stereocenters. The molecule has 0 spiro atoms. The third-order valence-corrected chi connectivity index (χ3v) is 6.42. The predicted molar refractivity (Wildman–Crippen MR) is 137 cm³/mol. The highest BCUT2D eigenvalue weighted by Crippen LogP contribution is 2.28. The number of carbonyl (C=O) groups excluding carboxylic acids is 1. The molecule has 33 heavy (non-hydrogen) atoms. The number of aromatic nitrogens is 2. The lowest BCUT2D eigenvalue weighted by atomic mass is 9.86. The summed E-state index contributed by atoms with van der Waals surface area (Å²) in [7, 11) is 4.00. The zero-order valence-electron chi connectivity index (χ0n) is 19.1. The number of anilines is 2. The van der Waals surface area contributed by atoms with Crippen LogP contribution in [0, 0.1) is 5.92 Å². The number of rotatable bonds is 7. The Morgan fingerprint density at radius 2 is 1.79 bits per heavy atom. The molecule has 1 aromatic heterocycles. The minimum absolute atomic E-state index is 0.0871. The standard InChI is InChI=1S/C26H30ClN5O/c1-32(2)25-21-8-4-6-10-23(21)30-26(31-25)29-20-14-11-18(12-15-20)17-28-24(33)16-13-19-7-3-5-9-22(19)27/h3-10,13,16,18,20H,11-12,14-15,17H2,1-2H3,(H,28,33)(H,29,30,31). The van der Waals surface area contributed by atoms with E-state index in [9.17, 15) is 4.79 Å². The van der Waals surface area contributed by atoms with E-state index in [2.05, 4.69) is 16.7 Å². The van der Waals surface area contributed by atoms with E-state index in [1.54, 1.807) is 12.2 Å². The van der Waals surface area contributed by atoms with Crippen LogP contribution in [0.25, 0.3) is 17.0 Å². The summed E-state index contributed by atoms with van der Waals surface area (Å²) >= 11 is 6.13. The van der Waals surface area contributed by atoms with Crippen molar-refractivity contribution < 1.29 is 4.79 Å². The van der Waals surface area contributed by atoms with Crippen molar-refractivity contribution in [1.29, 1.82) is 0 Å². The van der Waals surface area contributed by atoms with Gasteiger partial charge in [0.2, 0.25) is 11.9 Å². The van der Waals surface area contributed by atoms with Gasteiger partial charge >= 0.3 is 0 Å². The molecule has 4 rings (SSSR count). The van der Waals surface area contributed by atoms with Gasteiger partial charge in [0.15, 0.2) is 0 Å². The van der Waals surface area contributed by atoms with Crippen LogP contribution >= 0.6 is 11.6 Å². The first-order valence-electron chi connectivity index (χ1n) is 11.4. The van der Waals surface area contributed by atoms with E-state index in [1.165, 1.54) is 0 Å². The number of amides is 1. The van der Waals surface area contributed by atoms with Gasteiger partial charge in [0.25, 0.3) is 0 Å². The Morgan fingerprint density at radius 3 is 2.55 bits per heavy atom. The molecular weight excluding hydrogens is 434 g/mol. The second-order valence-electron chi connectivity index (χ2n) is 8.74. The topological polar surface area (TPSA) is 70.2 Å². The maximum Gasteiger partial charge on any atom is 0.244 e. The van der Waals surface area contributed by atoms with Crippen LogP contribution in [-0.2, 0) is 4.79 Å². The van der Waals surface area contributed by atoms with E-state index in [1.807, 2.05) is 61.5 Å². The molecule has 0 radical (unpaired) electrons. The average molecular weight is 464 g/mol. The maximum atomic E-state index is 12.2. The largest absolute Gasteiger partial charge is 0.362 e. The molecule has 1 fully saturated rings. The summed E-state index contributed by atoms with van der Waals surface area (Å²) in [6, 6.07) is 15.9. The van der Waals surface area contributed by atoms with Crippen molar-refractivity contribution in [2.24, 2.45) is 5.92 Å². The van der Waals surface area contributed by atoms with Gasteiger partial charge in [-0.1, -0.05) is 41.9 Å². The molecule has 7 heteroatoms. The summed E-state index contributed by atoms with van der Waals surface area (Å²) in [4.78, 5) is 23.7. The lowest BCUT2D eigenvalue weighted by Gasteiger charge is -2.29. The molecule has 2 aromatic carbocycles. The molecule has 1 heterocycles. The summed E-state index contributed by atoms with van der Waals surface area (Å²) in [6.07, 6.45) is 7.48. The molecule has 1 amide bonds. The molecule has 0 aliphatic heterocycles. The molecule has 2 N–H and O–H groups in total. The Labute approximate surface area is 200 Å². The smallest absolute Gasteiger partial charge is 0.244 e. The molecule has 172 valence electrons. The van der Waals surface area contributed by atoms with Crippen molar-refractivity contribution in [2.75, 3.05) is 30.9 Å². The minimum Gasteiger partial charge on any atom is -0.362 e. The number of hydrogen-bond acceptors (Lipinski definition) is 5. The van der Waals surface area contributed by atoms with E-state index in [0.29, 0.717) is 29.5 Å². The summed E-state index contributed by atoms with van der Waals surface area (Å²) in [5.74, 6) is 2.00. The second kappa shape index (κ2) is 10.7. The molecule has 1 saturated carbocycles. The van der Waals surface area contributed by atoms with Crippen LogP contribution in [0.5, 0.6) is 0 Å². The average Bonchev–Trinajstić information content (AvgIpc) is 2.82. The van der Waals surface area contributed by atoms with E-state index in [0.717, 1.165) is 48.0 Å². The van der Waals surface area contributed by atoms with Crippen LogP contribution in [0.1, 0.15) is 31.2 Å². The Bertz CT molecular complexity index is 1140. The summed E-state index contributed by atoms with van der Waals surface area (Å²) in [6.45, 7) is 0.690. The number of nitrogens with one attached hydrogen (secondary N) is 2. The predicted octanol–water partition coefficient (Wildman–Crippen LogP) is 5.15. The van der Waals surface area contributed by atoms with Crippen molar-refractivity contribution in [1.82, 2.24) is 15.3 Å². The van der Waals surface area contributed by atoms with E-state index in [-0.39, 0.29) is 5.91 Å². The van der Waals surface area contributed by atoms with Crippen LogP contribution in [0.15, 0.2) is 54.6 Å². The van der Waals surface area contributed by atoms with E-state index in [4.69, 9.17) is 21.6 Å². The summed E-state index contributed by atoms with van der Waals surface area (Å²) < 4.78 is 0. The molecule has 3 aromatic rings. The molecular formula is C26H30ClN5O. The molecule has 1 aliphatic rings. The third-order valence-electron chi connectivity index (χ3n) is 6.07. The monoisotopic (exact) mass is 463 g/mol. The maximum absolute atomic E-state index is 12.2. The highest BCUT2D eigenvalue weighted by atomic mass is 35.5. The highest BCUT2D eigenvalue weighted by Gasteiger charge is 2.22. The van der Waals surface area contributed by atoms with Crippen molar-refractivity contribution in [3.8, 4) is 0 Å². The van der Waals surface area contributed by atoms with Gasteiger partial charge in [-0.25, -0.2) is 4.98 Å². The van der Waals surface area contributed by atoms with Crippen molar-refractivity contribution in [2.45, 2.75) is 31.7 Å². The van der Waals surface area contributed by atoms with Crippen molar-refractivity contribution >= 4 is 46.3 Å². The van der Waals surface area contributed by atoms with Crippen LogP contribution in [-0.4, -0.2) is 42.6 Å². The van der Waals surface area contributed by atoms with Gasteiger partial charge in [-0.05, 0) is 61.4 Å². The SMILES string of the molecule is CN(C)c1nc(NC2CCC(CNC(=O)C=Cc3ccccc3Cl)CC2)nc2ccccc12. The first-order valence-corrected chi connectivity index (χ1v) is 11.8. The van der Waals surface area contributed by atoms with Crippen LogP contribution in [0.3, 0.4) is 0 Å². The number of hydrogen-bond donors (Lipinski definition) is 2. The quantitative estimate of drug-likeness (QED) is 0.474. The van der Waals surface area contributed by atoms with Gasteiger partial charge in [0.05, 0.1) is 5.52 Å². The lowest BCUT2D eigenvalue weighted by molar-refractivity contribution is -0.116. The molecule has 0 bridgehead atoms. The van der Waals surface area contributed by atoms with Crippen molar-refractivity contribution in [3.63, 3.8) is 0 Å². The Balaban J connectivity index is 1.27. The Kier molecular flexibility index (Phi) is 7.45. The fourth-order valence-electron chi connectivity index (χ4n) is 4.24. The number of halogens is 1. The van der Waals surface area contributed by atoms with Gasteiger partial charge < -0.3 is 15.5 Å². The van der Waals surface area contributed by atoms with Gasteiger partial charge in [0, 0.05) is 43.2 Å². The number of carbonyl (C=O) groups is 1. The van der Waals surface area contributed by atoms with Crippen LogP contribution in [0.2, 0.25) is 5.02 Å². The van der Waals surface area contributed by atoms with E-state index < -0.39 is 0 Å². The minimum atomic E-state index is -0.0871. The number of para-hydroxylation sites is 1. The number of fused-ring (bicyclic) bond motifs is 1. The molecule has 0 atom stereocenters. The number of nitrogens with zero attached hydrogens (tertiary/aromatic N) is 3. The number of benzene rings is 2. The fraction of sp³-hybridized carbons (Fsp3) is 0.346. The van der Waals surface area contributed by atoms with Crippen LogP contribution in [0.4, 0.5) is 11.8 Å². The second-order valence-corrected chi connectivity index (χ2v) is 9.15. The fourth-order valence-corrected chi connectivity index (χ4v) is 4.44. The van der Waals surface area contributed by atoms with Gasteiger partial charge in [-0.2, -0.15) is 4.98 Å². The molecule has 6 nitrogen and oxygen atoms in total. The van der Waals surface area contributed by atoms with Gasteiger partial charge in [0.1, 0.15) is 5.82 Å². The summed E-state index contributed by atoms with van der Waals surface area (Å²) in [5.41, 5.74) is 1.79. The van der Waals surface area contributed by atoms with Gasteiger partial charge in [-0.3, -0.25) is 4.79 Å². The first kappa shape index (κ1) is 23.1. The van der Waals surface area contributed by atoms with Crippen molar-refractivity contribution in [3.05, 3.63) is 65.2 Å².